The smallest absolute Gasteiger partial charge is 0.256 e. The molecule has 1 aromatic carbocycles. The second kappa shape index (κ2) is 7.88. The Bertz CT molecular complexity index is 1020. The number of anilines is 1. The molecule has 0 spiro atoms. The second-order valence-electron chi connectivity index (χ2n) is 6.68. The van der Waals surface area contributed by atoms with E-state index in [-0.39, 0.29) is 11.9 Å². The molecule has 0 aliphatic carbocycles. The quantitative estimate of drug-likeness (QED) is 0.716. The topological polar surface area (TPSA) is 59.8 Å². The highest BCUT2D eigenvalue weighted by Crippen LogP contribution is 2.16. The van der Waals surface area contributed by atoms with Crippen LogP contribution in [0.4, 0.5) is 5.82 Å². The van der Waals surface area contributed by atoms with Crippen molar-refractivity contribution in [3.63, 3.8) is 0 Å². The Morgan fingerprint density at radius 2 is 1.96 bits per heavy atom. The molecule has 2 aromatic heterocycles. The summed E-state index contributed by atoms with van der Waals surface area (Å²) in [6, 6.07) is 11.4. The van der Waals surface area contributed by atoms with Gasteiger partial charge >= 0.3 is 0 Å². The average molecular weight is 358 g/mol. The summed E-state index contributed by atoms with van der Waals surface area (Å²) >= 11 is 0. The highest BCUT2D eigenvalue weighted by atomic mass is 16.1. The van der Waals surface area contributed by atoms with Gasteiger partial charge in [-0.2, -0.15) is 5.10 Å². The number of carbonyl (C=O) groups excluding carboxylic acids is 1. The first kappa shape index (κ1) is 18.4. The summed E-state index contributed by atoms with van der Waals surface area (Å²) in [7, 11) is 0. The van der Waals surface area contributed by atoms with Crippen LogP contribution in [0.1, 0.15) is 52.6 Å². The van der Waals surface area contributed by atoms with Gasteiger partial charge in [-0.05, 0) is 57.5 Å². The van der Waals surface area contributed by atoms with Gasteiger partial charge in [0.2, 0.25) is 0 Å². The summed E-state index contributed by atoms with van der Waals surface area (Å²) in [5, 5.41) is 7.31. The van der Waals surface area contributed by atoms with E-state index in [4.69, 9.17) is 0 Å². The van der Waals surface area contributed by atoms with Crippen molar-refractivity contribution in [3.05, 3.63) is 76.7 Å². The van der Waals surface area contributed by atoms with E-state index in [0.717, 1.165) is 22.4 Å². The molecule has 0 atom stereocenters. The molecule has 0 bridgehead atoms. The van der Waals surface area contributed by atoms with Gasteiger partial charge in [-0.15, -0.1) is 0 Å². The molecule has 3 rings (SSSR count). The number of pyridine rings is 1. The maximum atomic E-state index is 12.6. The third kappa shape index (κ3) is 4.42. The molecular weight excluding hydrogens is 336 g/mol. The number of aromatic nitrogens is 3. The number of nitrogens with zero attached hydrogens (tertiary/aromatic N) is 3. The van der Waals surface area contributed by atoms with Gasteiger partial charge in [0.25, 0.3) is 5.91 Å². The highest BCUT2D eigenvalue weighted by Gasteiger charge is 2.12. The van der Waals surface area contributed by atoms with Crippen molar-refractivity contribution < 1.29 is 4.79 Å². The molecule has 1 amide bonds. The van der Waals surface area contributed by atoms with Crippen LogP contribution in [-0.2, 0) is 0 Å². The average Bonchev–Trinajstić information content (AvgIpc) is 3.02. The van der Waals surface area contributed by atoms with Gasteiger partial charge in [-0.1, -0.05) is 17.9 Å². The van der Waals surface area contributed by atoms with Crippen molar-refractivity contribution in [3.8, 4) is 11.8 Å². The first-order valence-corrected chi connectivity index (χ1v) is 8.84. The largest absolute Gasteiger partial charge is 0.305 e. The van der Waals surface area contributed by atoms with Crippen LogP contribution < -0.4 is 5.32 Å². The van der Waals surface area contributed by atoms with E-state index in [0.29, 0.717) is 11.4 Å². The van der Waals surface area contributed by atoms with Crippen molar-refractivity contribution in [2.75, 3.05) is 5.32 Å². The van der Waals surface area contributed by atoms with Crippen LogP contribution in [0.3, 0.4) is 0 Å². The van der Waals surface area contributed by atoms with Gasteiger partial charge < -0.3 is 5.32 Å². The van der Waals surface area contributed by atoms with E-state index in [1.807, 2.05) is 42.8 Å². The fraction of sp³-hybridized carbons (Fsp3) is 0.227. The van der Waals surface area contributed by atoms with Gasteiger partial charge in [0.05, 0.1) is 0 Å². The minimum absolute atomic E-state index is 0.201. The van der Waals surface area contributed by atoms with Gasteiger partial charge in [-0.25, -0.2) is 0 Å². The molecule has 0 unspecified atom stereocenters. The van der Waals surface area contributed by atoms with Crippen LogP contribution in [0, 0.1) is 25.7 Å². The Labute approximate surface area is 159 Å². The summed E-state index contributed by atoms with van der Waals surface area (Å²) in [6.07, 6.45) is 3.43. The number of aryl methyl sites for hydroxylation is 2. The Morgan fingerprint density at radius 3 is 2.63 bits per heavy atom. The predicted molar refractivity (Wildman–Crippen MR) is 107 cm³/mol. The summed E-state index contributed by atoms with van der Waals surface area (Å²) < 4.78 is 1.88. The standard InChI is InChI=1S/C22H22N4O/c1-15(2)26-17(4)12-21(25-26)24-22(27)20-9-7-16(3)19(13-20)10-8-18-6-5-11-23-14-18/h5-7,9,11-15H,1-4H3,(H,24,25,27). The second-order valence-corrected chi connectivity index (χ2v) is 6.68. The van der Waals surface area contributed by atoms with Gasteiger partial charge in [0, 0.05) is 46.9 Å². The first-order chi connectivity index (χ1) is 12.9. The molecule has 3 aromatic rings. The zero-order valence-electron chi connectivity index (χ0n) is 15.9. The number of rotatable bonds is 3. The summed E-state index contributed by atoms with van der Waals surface area (Å²) in [5.74, 6) is 6.56. The molecule has 2 heterocycles. The molecule has 0 radical (unpaired) electrons. The number of benzene rings is 1. The molecule has 0 aliphatic rings. The summed E-state index contributed by atoms with van der Waals surface area (Å²) in [5.41, 5.74) is 4.22. The molecular formula is C22H22N4O. The fourth-order valence-electron chi connectivity index (χ4n) is 2.73. The zero-order valence-corrected chi connectivity index (χ0v) is 15.9. The van der Waals surface area contributed by atoms with Crippen LogP contribution in [0.25, 0.3) is 0 Å². The molecule has 1 N–H and O–H groups in total. The normalized spacial score (nSPS) is 10.4. The first-order valence-electron chi connectivity index (χ1n) is 8.84. The molecule has 0 saturated heterocycles. The van der Waals surface area contributed by atoms with E-state index >= 15 is 0 Å². The number of nitrogens with one attached hydrogen (secondary N) is 1. The molecule has 5 heteroatoms. The molecule has 0 saturated carbocycles. The molecule has 136 valence electrons. The highest BCUT2D eigenvalue weighted by molar-refractivity contribution is 6.04. The molecule has 0 aliphatic heterocycles. The van der Waals surface area contributed by atoms with E-state index in [9.17, 15) is 4.79 Å². The van der Waals surface area contributed by atoms with Crippen molar-refractivity contribution in [1.82, 2.24) is 14.8 Å². The van der Waals surface area contributed by atoms with Gasteiger partial charge in [0.15, 0.2) is 5.82 Å². The third-order valence-corrected chi connectivity index (χ3v) is 4.16. The minimum atomic E-state index is -0.201. The number of amides is 1. The Kier molecular flexibility index (Phi) is 5.37. The molecule has 5 nitrogen and oxygen atoms in total. The van der Waals surface area contributed by atoms with Crippen molar-refractivity contribution in [1.29, 1.82) is 0 Å². The Balaban J connectivity index is 1.82. The van der Waals surface area contributed by atoms with Crippen LogP contribution >= 0.6 is 0 Å². The maximum absolute atomic E-state index is 12.6. The van der Waals surface area contributed by atoms with E-state index < -0.39 is 0 Å². The summed E-state index contributed by atoms with van der Waals surface area (Å²) in [4.78, 5) is 16.7. The summed E-state index contributed by atoms with van der Waals surface area (Å²) in [6.45, 7) is 8.06. The Hall–Kier alpha value is -3.39. The lowest BCUT2D eigenvalue weighted by Crippen LogP contribution is -2.13. The van der Waals surface area contributed by atoms with Crippen molar-refractivity contribution in [2.45, 2.75) is 33.7 Å². The van der Waals surface area contributed by atoms with E-state index in [2.05, 4.69) is 41.1 Å². The lowest BCUT2D eigenvalue weighted by Gasteiger charge is -2.07. The van der Waals surface area contributed by atoms with Gasteiger partial charge in [-0.3, -0.25) is 14.5 Å². The Morgan fingerprint density at radius 1 is 1.15 bits per heavy atom. The fourth-order valence-corrected chi connectivity index (χ4v) is 2.73. The number of carbonyl (C=O) groups is 1. The lowest BCUT2D eigenvalue weighted by molar-refractivity contribution is 0.102. The SMILES string of the molecule is Cc1ccc(C(=O)Nc2cc(C)n(C(C)C)n2)cc1C#Cc1cccnc1. The monoisotopic (exact) mass is 358 g/mol. The van der Waals surface area contributed by atoms with Crippen LogP contribution in [-0.4, -0.2) is 20.7 Å². The van der Waals surface area contributed by atoms with Crippen molar-refractivity contribution >= 4 is 11.7 Å². The zero-order chi connectivity index (χ0) is 19.4. The third-order valence-electron chi connectivity index (χ3n) is 4.16. The van der Waals surface area contributed by atoms with E-state index in [1.54, 1.807) is 24.5 Å². The van der Waals surface area contributed by atoms with Gasteiger partial charge in [0.1, 0.15) is 0 Å². The van der Waals surface area contributed by atoms with Crippen LogP contribution in [0.5, 0.6) is 0 Å². The lowest BCUT2D eigenvalue weighted by atomic mass is 10.0. The van der Waals surface area contributed by atoms with Crippen LogP contribution in [0.15, 0.2) is 48.8 Å². The van der Waals surface area contributed by atoms with Crippen molar-refractivity contribution in [2.24, 2.45) is 0 Å². The number of hydrogen-bond donors (Lipinski definition) is 1. The van der Waals surface area contributed by atoms with E-state index in [1.165, 1.54) is 0 Å². The minimum Gasteiger partial charge on any atom is -0.305 e. The molecule has 27 heavy (non-hydrogen) atoms. The number of hydrogen-bond acceptors (Lipinski definition) is 3. The maximum Gasteiger partial charge on any atom is 0.256 e. The predicted octanol–water partition coefficient (Wildman–Crippen LogP) is 4.13. The van der Waals surface area contributed by atoms with Crippen LogP contribution in [0.2, 0.25) is 0 Å². The molecule has 0 fully saturated rings.